The number of nitrogens with zero attached hydrogens (tertiary/aromatic N) is 4. The average molecular weight is 425 g/mol. The molecule has 0 unspecified atom stereocenters. The highest BCUT2D eigenvalue weighted by Crippen LogP contribution is 2.31. The maximum Gasteiger partial charge on any atom is 0.247 e. The summed E-state index contributed by atoms with van der Waals surface area (Å²) in [5, 5.41) is 7.92. The van der Waals surface area contributed by atoms with E-state index >= 15 is 0 Å². The third-order valence-corrected chi connectivity index (χ3v) is 7.17. The number of carbonyl (C=O) groups excluding carboxylic acids is 1. The fourth-order valence-electron chi connectivity index (χ4n) is 5.03. The van der Waals surface area contributed by atoms with Gasteiger partial charge in [0.1, 0.15) is 5.75 Å². The average Bonchev–Trinajstić information content (AvgIpc) is 3.20. The summed E-state index contributed by atoms with van der Waals surface area (Å²) in [7, 11) is 0. The molecular formula is C24H32N4O3. The summed E-state index contributed by atoms with van der Waals surface area (Å²) < 4.78 is 11.7. The number of carbonyl (C=O) groups is 1. The highest BCUT2D eigenvalue weighted by Gasteiger charge is 2.33. The zero-order valence-electron chi connectivity index (χ0n) is 18.3. The molecule has 0 spiro atoms. The number of hydrogen-bond acceptors (Lipinski definition) is 6. The quantitative estimate of drug-likeness (QED) is 0.729. The van der Waals surface area contributed by atoms with Gasteiger partial charge in [-0.25, -0.2) is 0 Å². The van der Waals surface area contributed by atoms with E-state index in [9.17, 15) is 4.79 Å². The molecule has 0 radical (unpaired) electrons. The van der Waals surface area contributed by atoms with Crippen LogP contribution in [0, 0.1) is 12.8 Å². The minimum Gasteiger partial charge on any atom is -0.490 e. The van der Waals surface area contributed by atoms with Crippen LogP contribution in [0.2, 0.25) is 0 Å². The molecule has 2 heterocycles. The van der Waals surface area contributed by atoms with Crippen LogP contribution in [-0.2, 0) is 4.79 Å². The van der Waals surface area contributed by atoms with Gasteiger partial charge >= 0.3 is 0 Å². The van der Waals surface area contributed by atoms with Crippen LogP contribution in [0.15, 0.2) is 28.7 Å². The van der Waals surface area contributed by atoms with Gasteiger partial charge in [0, 0.05) is 50.6 Å². The predicted octanol–water partition coefficient (Wildman–Crippen LogP) is 3.68. The van der Waals surface area contributed by atoms with Crippen molar-refractivity contribution in [3.8, 4) is 17.2 Å². The summed E-state index contributed by atoms with van der Waals surface area (Å²) in [6, 6.07) is 8.58. The number of rotatable bonds is 5. The predicted molar refractivity (Wildman–Crippen MR) is 117 cm³/mol. The number of hydrogen-bond donors (Lipinski definition) is 0. The molecule has 3 fully saturated rings. The molecule has 1 aromatic carbocycles. The molecule has 0 atom stereocenters. The van der Waals surface area contributed by atoms with E-state index in [1.807, 2.05) is 24.3 Å². The second-order valence-electron chi connectivity index (χ2n) is 9.19. The van der Waals surface area contributed by atoms with E-state index in [4.69, 9.17) is 9.15 Å². The van der Waals surface area contributed by atoms with Gasteiger partial charge in [-0.3, -0.25) is 9.69 Å². The Labute approximate surface area is 183 Å². The summed E-state index contributed by atoms with van der Waals surface area (Å²) in [5.74, 6) is 2.46. The summed E-state index contributed by atoms with van der Waals surface area (Å²) in [4.78, 5) is 17.7. The molecule has 2 saturated carbocycles. The number of ether oxygens (including phenoxy) is 1. The van der Waals surface area contributed by atoms with Crippen molar-refractivity contribution < 1.29 is 13.9 Å². The Kier molecular flexibility index (Phi) is 5.94. The molecule has 5 rings (SSSR count). The van der Waals surface area contributed by atoms with E-state index < -0.39 is 0 Å². The standard InChI is InChI=1S/C24H32N4O3/c1-17-25-26-23(30-17)18-5-9-21(10-6-18)31-22-11-7-19(8-12-22)24(29)28-15-13-27(14-16-28)20-3-2-4-20/h5-6,9-10,19-20,22H,2-4,7-8,11-16H2,1H3. The van der Waals surface area contributed by atoms with Gasteiger partial charge in [0.25, 0.3) is 0 Å². The van der Waals surface area contributed by atoms with Gasteiger partial charge in [0.15, 0.2) is 0 Å². The van der Waals surface area contributed by atoms with Crippen molar-refractivity contribution in [3.63, 3.8) is 0 Å². The van der Waals surface area contributed by atoms with E-state index in [1.165, 1.54) is 19.3 Å². The molecule has 0 N–H and O–H groups in total. The molecule has 7 nitrogen and oxygen atoms in total. The van der Waals surface area contributed by atoms with Crippen LogP contribution >= 0.6 is 0 Å². The Hall–Kier alpha value is -2.41. The molecular weight excluding hydrogens is 392 g/mol. The highest BCUT2D eigenvalue weighted by atomic mass is 16.5. The molecule has 7 heteroatoms. The number of piperazine rings is 1. The molecule has 2 aromatic rings. The van der Waals surface area contributed by atoms with E-state index in [1.54, 1.807) is 6.92 Å². The Balaban J connectivity index is 1.08. The summed E-state index contributed by atoms with van der Waals surface area (Å²) in [6.45, 7) is 5.68. The highest BCUT2D eigenvalue weighted by molar-refractivity contribution is 5.79. The summed E-state index contributed by atoms with van der Waals surface area (Å²) in [5.41, 5.74) is 0.889. The topological polar surface area (TPSA) is 71.7 Å². The molecule has 1 amide bonds. The first-order valence-electron chi connectivity index (χ1n) is 11.8. The van der Waals surface area contributed by atoms with Crippen molar-refractivity contribution in [2.75, 3.05) is 26.2 Å². The van der Waals surface area contributed by atoms with Crippen molar-refractivity contribution in [1.29, 1.82) is 0 Å². The SMILES string of the molecule is Cc1nnc(-c2ccc(OC3CCC(C(=O)N4CCN(C5CCC5)CC4)CC3)cc2)o1. The molecule has 2 aliphatic carbocycles. The van der Waals surface area contributed by atoms with Gasteiger partial charge in [-0.15, -0.1) is 10.2 Å². The van der Waals surface area contributed by atoms with E-state index in [0.717, 1.165) is 69.2 Å². The molecule has 166 valence electrons. The molecule has 1 aliphatic heterocycles. The normalized spacial score (nSPS) is 25.3. The Morgan fingerprint density at radius 3 is 2.26 bits per heavy atom. The molecule has 0 bridgehead atoms. The Morgan fingerprint density at radius 2 is 1.68 bits per heavy atom. The first-order valence-corrected chi connectivity index (χ1v) is 11.8. The summed E-state index contributed by atoms with van der Waals surface area (Å²) >= 11 is 0. The lowest BCUT2D eigenvalue weighted by atomic mass is 9.86. The summed E-state index contributed by atoms with van der Waals surface area (Å²) in [6.07, 6.45) is 7.95. The van der Waals surface area contributed by atoms with Crippen LogP contribution in [0.1, 0.15) is 50.8 Å². The van der Waals surface area contributed by atoms with Gasteiger partial charge in [0.05, 0.1) is 6.10 Å². The van der Waals surface area contributed by atoms with Crippen LogP contribution < -0.4 is 4.74 Å². The van der Waals surface area contributed by atoms with Crippen molar-refractivity contribution in [1.82, 2.24) is 20.0 Å². The van der Waals surface area contributed by atoms with Crippen LogP contribution in [0.4, 0.5) is 0 Å². The van der Waals surface area contributed by atoms with Gasteiger partial charge in [-0.2, -0.15) is 0 Å². The van der Waals surface area contributed by atoms with Crippen LogP contribution in [0.3, 0.4) is 0 Å². The molecule has 1 aromatic heterocycles. The fraction of sp³-hybridized carbons (Fsp3) is 0.625. The van der Waals surface area contributed by atoms with Gasteiger partial charge < -0.3 is 14.1 Å². The lowest BCUT2D eigenvalue weighted by molar-refractivity contribution is -0.139. The van der Waals surface area contributed by atoms with E-state index in [0.29, 0.717) is 17.7 Å². The third-order valence-electron chi connectivity index (χ3n) is 7.17. The first-order chi connectivity index (χ1) is 15.2. The second-order valence-corrected chi connectivity index (χ2v) is 9.19. The van der Waals surface area contributed by atoms with Gasteiger partial charge in [-0.05, 0) is 62.8 Å². The van der Waals surface area contributed by atoms with Gasteiger partial charge in [-0.1, -0.05) is 6.42 Å². The molecule has 31 heavy (non-hydrogen) atoms. The molecule has 1 saturated heterocycles. The number of aryl methyl sites for hydroxylation is 1. The maximum atomic E-state index is 13.0. The second kappa shape index (κ2) is 8.99. The molecule has 3 aliphatic rings. The minimum absolute atomic E-state index is 0.165. The zero-order valence-corrected chi connectivity index (χ0v) is 18.3. The first kappa shape index (κ1) is 20.5. The smallest absolute Gasteiger partial charge is 0.247 e. The van der Waals surface area contributed by atoms with Crippen molar-refractivity contribution in [2.45, 2.75) is 64.0 Å². The minimum atomic E-state index is 0.165. The monoisotopic (exact) mass is 424 g/mol. The number of amides is 1. The lowest BCUT2D eigenvalue weighted by Crippen LogP contribution is -2.54. The van der Waals surface area contributed by atoms with Crippen molar-refractivity contribution in [3.05, 3.63) is 30.2 Å². The Morgan fingerprint density at radius 1 is 0.968 bits per heavy atom. The fourth-order valence-corrected chi connectivity index (χ4v) is 5.03. The number of benzene rings is 1. The van der Waals surface area contributed by atoms with Crippen molar-refractivity contribution in [2.24, 2.45) is 5.92 Å². The van der Waals surface area contributed by atoms with E-state index in [-0.39, 0.29) is 12.0 Å². The van der Waals surface area contributed by atoms with Crippen LogP contribution in [0.25, 0.3) is 11.5 Å². The van der Waals surface area contributed by atoms with Crippen LogP contribution in [-0.4, -0.2) is 64.2 Å². The van der Waals surface area contributed by atoms with E-state index in [2.05, 4.69) is 20.0 Å². The lowest BCUT2D eigenvalue weighted by Gasteiger charge is -2.43. The van der Waals surface area contributed by atoms with Crippen molar-refractivity contribution >= 4 is 5.91 Å². The van der Waals surface area contributed by atoms with Gasteiger partial charge in [0.2, 0.25) is 17.7 Å². The van der Waals surface area contributed by atoms with Crippen LogP contribution in [0.5, 0.6) is 5.75 Å². The largest absolute Gasteiger partial charge is 0.490 e. The maximum absolute atomic E-state index is 13.0. The zero-order chi connectivity index (χ0) is 21.2. The number of aromatic nitrogens is 2. The Bertz CT molecular complexity index is 876. The third kappa shape index (κ3) is 4.61.